The number of benzene rings is 4. The molecule has 1 N–H and O–H groups in total. The largest absolute Gasteiger partial charge is 0.489 e. The number of rotatable bonds is 7. The van der Waals surface area contributed by atoms with Crippen LogP contribution >= 0.6 is 0 Å². The average Bonchev–Trinajstić information content (AvgIpc) is 3.31. The zero-order chi connectivity index (χ0) is 24.0. The van der Waals surface area contributed by atoms with Gasteiger partial charge in [-0.15, -0.1) is 0 Å². The number of hydrogen-bond donors (Lipinski definition) is 1. The lowest BCUT2D eigenvalue weighted by Crippen LogP contribution is -2.07. The van der Waals surface area contributed by atoms with E-state index in [1.165, 1.54) is 6.08 Å². The molecular formula is C30H24N2O3. The third-order valence-corrected chi connectivity index (χ3v) is 5.48. The van der Waals surface area contributed by atoms with E-state index in [0.717, 1.165) is 33.5 Å². The number of anilines is 1. The number of fused-ring (bicyclic) bond motifs is 1. The van der Waals surface area contributed by atoms with Gasteiger partial charge in [0.25, 0.3) is 0 Å². The Bertz CT molecular complexity index is 1490. The molecule has 0 aliphatic carbocycles. The van der Waals surface area contributed by atoms with E-state index in [1.54, 1.807) is 12.1 Å². The molecule has 0 unspecified atom stereocenters. The molecule has 0 saturated carbocycles. The van der Waals surface area contributed by atoms with Gasteiger partial charge in [0, 0.05) is 23.4 Å². The van der Waals surface area contributed by atoms with Gasteiger partial charge in [0.2, 0.25) is 11.8 Å². The van der Waals surface area contributed by atoms with Gasteiger partial charge in [0.1, 0.15) is 17.9 Å². The summed E-state index contributed by atoms with van der Waals surface area (Å²) in [6, 6.07) is 31.1. The molecule has 0 saturated heterocycles. The minimum Gasteiger partial charge on any atom is -0.489 e. The molecule has 0 atom stereocenters. The van der Waals surface area contributed by atoms with Crippen molar-refractivity contribution in [1.82, 2.24) is 4.98 Å². The number of nitrogens with one attached hydrogen (secondary N) is 1. The second-order valence-electron chi connectivity index (χ2n) is 8.24. The highest BCUT2D eigenvalue weighted by Gasteiger charge is 2.09. The van der Waals surface area contributed by atoms with Gasteiger partial charge in [-0.3, -0.25) is 4.79 Å². The van der Waals surface area contributed by atoms with Crippen LogP contribution in [0.3, 0.4) is 0 Å². The number of hydrogen-bond acceptors (Lipinski definition) is 4. The Labute approximate surface area is 203 Å². The Morgan fingerprint density at radius 2 is 1.77 bits per heavy atom. The highest BCUT2D eigenvalue weighted by Crippen LogP contribution is 2.27. The van der Waals surface area contributed by atoms with Crippen LogP contribution < -0.4 is 10.1 Å². The van der Waals surface area contributed by atoms with Gasteiger partial charge in [-0.25, -0.2) is 4.98 Å². The van der Waals surface area contributed by atoms with E-state index in [0.29, 0.717) is 23.8 Å². The molecule has 0 bridgehead atoms. The number of nitrogens with zero attached hydrogens (tertiary/aromatic N) is 1. The van der Waals surface area contributed by atoms with E-state index >= 15 is 0 Å². The first-order valence-corrected chi connectivity index (χ1v) is 11.4. The summed E-state index contributed by atoms with van der Waals surface area (Å²) < 4.78 is 11.7. The monoisotopic (exact) mass is 460 g/mol. The Balaban J connectivity index is 1.20. The molecular weight excluding hydrogens is 436 g/mol. The first-order chi connectivity index (χ1) is 17.1. The number of carbonyl (C=O) groups is 1. The molecule has 5 heteroatoms. The quantitative estimate of drug-likeness (QED) is 0.265. The molecule has 0 spiro atoms. The zero-order valence-corrected chi connectivity index (χ0v) is 19.3. The summed E-state index contributed by atoms with van der Waals surface area (Å²) in [5.74, 6) is 1.11. The summed E-state index contributed by atoms with van der Waals surface area (Å²) >= 11 is 0. The van der Waals surface area contributed by atoms with Gasteiger partial charge in [0.15, 0.2) is 5.58 Å². The Morgan fingerprint density at radius 3 is 2.57 bits per heavy atom. The molecule has 172 valence electrons. The van der Waals surface area contributed by atoms with Crippen LogP contribution in [-0.4, -0.2) is 10.9 Å². The van der Waals surface area contributed by atoms with Crippen molar-refractivity contribution in [1.29, 1.82) is 0 Å². The highest BCUT2D eigenvalue weighted by atomic mass is 16.5. The molecule has 4 aromatic carbocycles. The normalized spacial score (nSPS) is 11.1. The third kappa shape index (κ3) is 5.65. The van der Waals surface area contributed by atoms with E-state index in [2.05, 4.69) is 10.3 Å². The smallest absolute Gasteiger partial charge is 0.248 e. The van der Waals surface area contributed by atoms with Crippen LogP contribution in [0.5, 0.6) is 5.75 Å². The summed E-state index contributed by atoms with van der Waals surface area (Å²) in [5.41, 5.74) is 6.08. The van der Waals surface area contributed by atoms with Gasteiger partial charge in [-0.2, -0.15) is 0 Å². The van der Waals surface area contributed by atoms with Crippen LogP contribution in [-0.2, 0) is 11.4 Å². The fourth-order valence-electron chi connectivity index (χ4n) is 3.68. The summed E-state index contributed by atoms with van der Waals surface area (Å²) in [7, 11) is 0. The van der Waals surface area contributed by atoms with Crippen molar-refractivity contribution in [3.05, 3.63) is 120 Å². The number of carbonyl (C=O) groups excluding carboxylic acids is 1. The van der Waals surface area contributed by atoms with Crippen molar-refractivity contribution in [3.8, 4) is 17.2 Å². The first-order valence-electron chi connectivity index (χ1n) is 11.4. The molecule has 1 amide bonds. The lowest BCUT2D eigenvalue weighted by Gasteiger charge is -2.06. The number of amides is 1. The fourth-order valence-corrected chi connectivity index (χ4v) is 3.68. The SMILES string of the molecule is Cc1cccc(-c2nc3ccc(NC(=O)/C=C/c4ccc(OCc5ccccc5)cc4)cc3o2)c1. The van der Waals surface area contributed by atoms with Crippen LogP contribution in [0.15, 0.2) is 108 Å². The summed E-state index contributed by atoms with van der Waals surface area (Å²) in [6.45, 7) is 2.54. The van der Waals surface area contributed by atoms with E-state index in [1.807, 2.05) is 97.9 Å². The van der Waals surface area contributed by atoms with Crippen LogP contribution in [0.1, 0.15) is 16.7 Å². The minimum atomic E-state index is -0.229. The Hall–Kier alpha value is -4.64. The minimum absolute atomic E-state index is 0.229. The van der Waals surface area contributed by atoms with Gasteiger partial charge in [-0.05, 0) is 60.5 Å². The lowest BCUT2D eigenvalue weighted by atomic mass is 10.1. The van der Waals surface area contributed by atoms with Crippen molar-refractivity contribution in [2.45, 2.75) is 13.5 Å². The van der Waals surface area contributed by atoms with Crippen molar-refractivity contribution >= 4 is 28.8 Å². The number of aromatic nitrogens is 1. The second kappa shape index (κ2) is 10.1. The van der Waals surface area contributed by atoms with Crippen molar-refractivity contribution in [2.24, 2.45) is 0 Å². The first kappa shape index (κ1) is 22.2. The highest BCUT2D eigenvalue weighted by molar-refractivity contribution is 6.02. The molecule has 0 aliphatic heterocycles. The van der Waals surface area contributed by atoms with Crippen molar-refractivity contribution < 1.29 is 13.9 Å². The molecule has 5 aromatic rings. The number of ether oxygens (including phenoxy) is 1. The fraction of sp³-hybridized carbons (Fsp3) is 0.0667. The predicted molar refractivity (Wildman–Crippen MR) is 139 cm³/mol. The van der Waals surface area contributed by atoms with E-state index < -0.39 is 0 Å². The van der Waals surface area contributed by atoms with Crippen LogP contribution in [0.2, 0.25) is 0 Å². The Kier molecular flexibility index (Phi) is 6.39. The second-order valence-corrected chi connectivity index (χ2v) is 8.24. The topological polar surface area (TPSA) is 64.4 Å². The Morgan fingerprint density at radius 1 is 0.943 bits per heavy atom. The van der Waals surface area contributed by atoms with Gasteiger partial charge in [0.05, 0.1) is 0 Å². The maximum atomic E-state index is 12.4. The molecule has 5 rings (SSSR count). The van der Waals surface area contributed by atoms with Crippen molar-refractivity contribution in [2.75, 3.05) is 5.32 Å². The predicted octanol–water partition coefficient (Wildman–Crippen LogP) is 7.03. The molecule has 35 heavy (non-hydrogen) atoms. The van der Waals surface area contributed by atoms with Gasteiger partial charge < -0.3 is 14.5 Å². The maximum Gasteiger partial charge on any atom is 0.248 e. The molecule has 1 heterocycles. The summed E-state index contributed by atoms with van der Waals surface area (Å²) in [6.07, 6.45) is 3.27. The molecule has 0 radical (unpaired) electrons. The molecule has 0 fully saturated rings. The third-order valence-electron chi connectivity index (χ3n) is 5.48. The molecule has 0 aliphatic rings. The van der Waals surface area contributed by atoms with Crippen LogP contribution in [0.4, 0.5) is 5.69 Å². The maximum absolute atomic E-state index is 12.4. The summed E-state index contributed by atoms with van der Waals surface area (Å²) in [5, 5.41) is 2.87. The number of oxazole rings is 1. The van der Waals surface area contributed by atoms with E-state index in [4.69, 9.17) is 9.15 Å². The van der Waals surface area contributed by atoms with Gasteiger partial charge in [-0.1, -0.05) is 60.2 Å². The zero-order valence-electron chi connectivity index (χ0n) is 19.3. The van der Waals surface area contributed by atoms with Crippen molar-refractivity contribution in [3.63, 3.8) is 0 Å². The molecule has 5 nitrogen and oxygen atoms in total. The summed E-state index contributed by atoms with van der Waals surface area (Å²) in [4.78, 5) is 17.0. The standard InChI is InChI=1S/C30H24N2O3/c1-21-6-5-9-24(18-21)30-32-27-16-13-25(19-28(27)35-30)31-29(33)17-12-22-10-14-26(15-11-22)34-20-23-7-3-2-4-8-23/h2-19H,20H2,1H3,(H,31,33)/b17-12+. The number of aryl methyl sites for hydroxylation is 1. The average molecular weight is 461 g/mol. The van der Waals surface area contributed by atoms with Crippen LogP contribution in [0, 0.1) is 6.92 Å². The molecule has 1 aromatic heterocycles. The lowest BCUT2D eigenvalue weighted by molar-refractivity contribution is -0.111. The van der Waals surface area contributed by atoms with E-state index in [-0.39, 0.29) is 5.91 Å². The van der Waals surface area contributed by atoms with Crippen LogP contribution in [0.25, 0.3) is 28.6 Å². The van der Waals surface area contributed by atoms with Gasteiger partial charge >= 0.3 is 0 Å². The van der Waals surface area contributed by atoms with E-state index in [9.17, 15) is 4.79 Å².